The summed E-state index contributed by atoms with van der Waals surface area (Å²) in [5.41, 5.74) is 0.393. The van der Waals surface area contributed by atoms with Crippen molar-refractivity contribution in [2.45, 2.75) is 65.3 Å². The molecular weight excluding hydrogens is 388 g/mol. The molecule has 0 aromatic carbocycles. The Kier molecular flexibility index (Phi) is 5.53. The molecule has 0 radical (unpaired) electrons. The van der Waals surface area contributed by atoms with Crippen molar-refractivity contribution in [1.29, 1.82) is 0 Å². The third kappa shape index (κ3) is 4.42. The number of nitrogens with zero attached hydrogens (tertiary/aromatic N) is 4. The summed E-state index contributed by atoms with van der Waals surface area (Å²) in [5.74, 6) is 0.485. The van der Waals surface area contributed by atoms with Gasteiger partial charge in [-0.15, -0.1) is 0 Å². The molecule has 2 aromatic heterocycles. The van der Waals surface area contributed by atoms with Crippen LogP contribution in [0.3, 0.4) is 0 Å². The van der Waals surface area contributed by atoms with E-state index in [1.165, 1.54) is 11.6 Å². The molecule has 2 heterocycles. The van der Waals surface area contributed by atoms with Gasteiger partial charge in [0.1, 0.15) is 5.60 Å². The number of ether oxygens (including phenoxy) is 1. The number of carbonyl (C=O) groups is 1. The molecule has 1 aliphatic carbocycles. The van der Waals surface area contributed by atoms with Crippen molar-refractivity contribution in [1.82, 2.24) is 24.0 Å². The molecule has 2 aromatic rings. The summed E-state index contributed by atoms with van der Waals surface area (Å²) in [4.78, 5) is 41.6. The maximum atomic E-state index is 12.8. The maximum absolute atomic E-state index is 12.8. The molecule has 1 fully saturated rings. The van der Waals surface area contributed by atoms with Crippen LogP contribution < -0.4 is 21.9 Å². The lowest BCUT2D eigenvalue weighted by atomic mass is 10.2. The Morgan fingerprint density at radius 2 is 1.87 bits per heavy atom. The van der Waals surface area contributed by atoms with Gasteiger partial charge >= 0.3 is 11.8 Å². The first kappa shape index (κ1) is 21.7. The molecule has 10 nitrogen and oxygen atoms in total. The van der Waals surface area contributed by atoms with Crippen LogP contribution in [-0.4, -0.2) is 42.5 Å². The first-order valence-corrected chi connectivity index (χ1v) is 9.94. The van der Waals surface area contributed by atoms with Gasteiger partial charge in [-0.25, -0.2) is 9.59 Å². The van der Waals surface area contributed by atoms with E-state index in [0.717, 1.165) is 10.1 Å². The molecule has 0 aliphatic heterocycles. The number of hydrogen-bond donors (Lipinski definition) is 2. The Hall–Kier alpha value is -3.04. The highest BCUT2D eigenvalue weighted by atomic mass is 16.6. The molecule has 2 N–H and O–H groups in total. The normalized spacial score (nSPS) is 18.2. The molecule has 2 atom stereocenters. The molecule has 30 heavy (non-hydrogen) atoms. The number of anilines is 1. The Balaban J connectivity index is 1.90. The van der Waals surface area contributed by atoms with Crippen LogP contribution in [0.1, 0.15) is 41.0 Å². The van der Waals surface area contributed by atoms with Crippen LogP contribution in [0.25, 0.3) is 11.2 Å². The lowest BCUT2D eigenvalue weighted by molar-refractivity contribution is 0.0523. The second kappa shape index (κ2) is 7.66. The summed E-state index contributed by atoms with van der Waals surface area (Å²) in [6, 6.07) is -0.135. The standard InChI is InChI=1S/C20H30N6O4/c1-11(2)8-9-26-14-15(24(6)19(29)25(7)16(14)27)23-17(26)21-12-10-13(12)22-18(28)30-20(3,4)5/h8,12-13H,9-10H2,1-7H3,(H,21,23)(H,22,28). The van der Waals surface area contributed by atoms with Gasteiger partial charge in [-0.05, 0) is 41.0 Å². The van der Waals surface area contributed by atoms with Gasteiger partial charge in [0.15, 0.2) is 11.2 Å². The van der Waals surface area contributed by atoms with Crippen LogP contribution >= 0.6 is 0 Å². The van der Waals surface area contributed by atoms with Gasteiger partial charge in [0.25, 0.3) is 5.56 Å². The highest BCUT2D eigenvalue weighted by Crippen LogP contribution is 2.27. The van der Waals surface area contributed by atoms with Gasteiger partial charge in [0, 0.05) is 20.6 Å². The molecule has 1 amide bonds. The fourth-order valence-corrected chi connectivity index (χ4v) is 3.15. The van der Waals surface area contributed by atoms with E-state index in [-0.39, 0.29) is 12.1 Å². The predicted octanol–water partition coefficient (Wildman–Crippen LogP) is 1.48. The Bertz CT molecular complexity index is 1130. The van der Waals surface area contributed by atoms with E-state index < -0.39 is 22.9 Å². The summed E-state index contributed by atoms with van der Waals surface area (Å²) in [6.45, 7) is 9.82. The molecule has 1 saturated carbocycles. The van der Waals surface area contributed by atoms with Crippen LogP contribution in [0.5, 0.6) is 0 Å². The lowest BCUT2D eigenvalue weighted by Gasteiger charge is -2.19. The van der Waals surface area contributed by atoms with Crippen LogP contribution in [0.4, 0.5) is 10.7 Å². The topological polar surface area (TPSA) is 112 Å². The molecule has 10 heteroatoms. The molecule has 164 valence electrons. The number of allylic oxidation sites excluding steroid dienone is 2. The zero-order valence-corrected chi connectivity index (χ0v) is 18.6. The van der Waals surface area contributed by atoms with Crippen molar-refractivity contribution in [3.05, 3.63) is 32.5 Å². The first-order chi connectivity index (χ1) is 13.9. The van der Waals surface area contributed by atoms with Gasteiger partial charge in [-0.2, -0.15) is 4.98 Å². The number of aromatic nitrogens is 4. The largest absolute Gasteiger partial charge is 0.444 e. The minimum absolute atomic E-state index is 0.0411. The summed E-state index contributed by atoms with van der Waals surface area (Å²) in [7, 11) is 3.05. The smallest absolute Gasteiger partial charge is 0.407 e. The molecule has 0 bridgehead atoms. The minimum Gasteiger partial charge on any atom is -0.444 e. The van der Waals surface area contributed by atoms with E-state index in [9.17, 15) is 14.4 Å². The highest BCUT2D eigenvalue weighted by Gasteiger charge is 2.40. The van der Waals surface area contributed by atoms with Crippen molar-refractivity contribution >= 4 is 23.2 Å². The van der Waals surface area contributed by atoms with Gasteiger partial charge in [0.2, 0.25) is 5.95 Å². The Morgan fingerprint density at radius 1 is 1.20 bits per heavy atom. The SMILES string of the molecule is CC(C)=CCn1c(NC2CC2NC(=O)OC(C)(C)C)nc2c1c(=O)n(C)c(=O)n2C. The quantitative estimate of drug-likeness (QED) is 0.712. The van der Waals surface area contributed by atoms with Gasteiger partial charge in [-0.1, -0.05) is 11.6 Å². The zero-order valence-electron chi connectivity index (χ0n) is 18.6. The van der Waals surface area contributed by atoms with Gasteiger partial charge < -0.3 is 19.9 Å². The van der Waals surface area contributed by atoms with E-state index >= 15 is 0 Å². The Morgan fingerprint density at radius 3 is 2.47 bits per heavy atom. The number of nitrogens with one attached hydrogen (secondary N) is 2. The third-order valence-corrected chi connectivity index (χ3v) is 4.84. The summed E-state index contributed by atoms with van der Waals surface area (Å²) < 4.78 is 9.51. The molecule has 0 spiro atoms. The summed E-state index contributed by atoms with van der Waals surface area (Å²) >= 11 is 0. The minimum atomic E-state index is -0.564. The second-order valence-corrected chi connectivity index (χ2v) is 8.94. The predicted molar refractivity (Wildman–Crippen MR) is 115 cm³/mol. The number of amides is 1. The number of hydrogen-bond acceptors (Lipinski definition) is 6. The van der Waals surface area contributed by atoms with E-state index in [4.69, 9.17) is 4.74 Å². The average Bonchev–Trinajstić information content (AvgIpc) is 3.22. The number of imidazole rings is 1. The van der Waals surface area contributed by atoms with Crippen LogP contribution in [0, 0.1) is 0 Å². The average molecular weight is 418 g/mol. The molecule has 2 unspecified atom stereocenters. The fraction of sp³-hybridized carbons (Fsp3) is 0.600. The molecule has 0 saturated heterocycles. The van der Waals surface area contributed by atoms with E-state index in [1.807, 2.05) is 40.7 Å². The number of fused-ring (bicyclic) bond motifs is 1. The number of alkyl carbamates (subject to hydrolysis) is 1. The zero-order chi connectivity index (χ0) is 22.4. The van der Waals surface area contributed by atoms with E-state index in [0.29, 0.717) is 30.1 Å². The number of aryl methyl sites for hydroxylation is 1. The van der Waals surface area contributed by atoms with E-state index in [1.54, 1.807) is 11.6 Å². The van der Waals surface area contributed by atoms with Crippen LogP contribution in [0.15, 0.2) is 21.2 Å². The Labute approximate surface area is 174 Å². The summed E-state index contributed by atoms with van der Waals surface area (Å²) in [6.07, 6.45) is 2.23. The first-order valence-electron chi connectivity index (χ1n) is 9.94. The van der Waals surface area contributed by atoms with Crippen molar-refractivity contribution in [3.63, 3.8) is 0 Å². The van der Waals surface area contributed by atoms with E-state index in [2.05, 4.69) is 15.6 Å². The fourth-order valence-electron chi connectivity index (χ4n) is 3.15. The monoisotopic (exact) mass is 418 g/mol. The van der Waals surface area contributed by atoms with Gasteiger partial charge in [0.05, 0.1) is 12.1 Å². The maximum Gasteiger partial charge on any atom is 0.407 e. The number of carbonyl (C=O) groups excluding carboxylic acids is 1. The lowest BCUT2D eigenvalue weighted by Crippen LogP contribution is -2.37. The molecular formula is C20H30N6O4. The van der Waals surface area contributed by atoms with Crippen LogP contribution in [-0.2, 0) is 25.4 Å². The molecule has 3 rings (SSSR count). The van der Waals surface area contributed by atoms with Crippen molar-refractivity contribution in [2.24, 2.45) is 14.1 Å². The van der Waals surface area contributed by atoms with Crippen molar-refractivity contribution in [3.8, 4) is 0 Å². The molecule has 1 aliphatic rings. The number of rotatable bonds is 5. The summed E-state index contributed by atoms with van der Waals surface area (Å²) in [5, 5.41) is 6.13. The van der Waals surface area contributed by atoms with Gasteiger partial charge in [-0.3, -0.25) is 13.9 Å². The second-order valence-electron chi connectivity index (χ2n) is 8.94. The van der Waals surface area contributed by atoms with Crippen molar-refractivity contribution in [2.75, 3.05) is 5.32 Å². The van der Waals surface area contributed by atoms with Crippen LogP contribution in [0.2, 0.25) is 0 Å². The highest BCUT2D eigenvalue weighted by molar-refractivity contribution is 5.75. The third-order valence-electron chi connectivity index (χ3n) is 4.84. The van der Waals surface area contributed by atoms with Crippen molar-refractivity contribution < 1.29 is 9.53 Å².